The molecular formula is C24H31N3O3. The van der Waals surface area contributed by atoms with Crippen molar-refractivity contribution in [1.82, 2.24) is 15.1 Å². The molecule has 0 bridgehead atoms. The van der Waals surface area contributed by atoms with E-state index in [0.29, 0.717) is 12.3 Å². The van der Waals surface area contributed by atoms with Crippen LogP contribution in [0.25, 0.3) is 0 Å². The first-order valence-electron chi connectivity index (χ1n) is 10.8. The second-order valence-electron chi connectivity index (χ2n) is 8.05. The molecule has 2 fully saturated rings. The second kappa shape index (κ2) is 9.49. The molecule has 0 radical (unpaired) electrons. The van der Waals surface area contributed by atoms with Crippen LogP contribution in [-0.4, -0.2) is 62.1 Å². The van der Waals surface area contributed by atoms with Crippen molar-refractivity contribution >= 4 is 5.91 Å². The van der Waals surface area contributed by atoms with Gasteiger partial charge in [0.1, 0.15) is 17.2 Å². The fourth-order valence-corrected chi connectivity index (χ4v) is 4.06. The van der Waals surface area contributed by atoms with E-state index in [4.69, 9.17) is 9.47 Å². The standard InChI is InChI=1S/C24H31N3O3/c1-25-17-19-15-18(7-10-23(19)30-22-6-3-5-21(16-22)29-2)24(28)27-12-4-11-26(13-14-27)20-8-9-20/h3,5-7,10,15-16,20,25H,4,8-9,11-14,17H2,1-2H3. The minimum atomic E-state index is 0.109. The number of carbonyl (C=O) groups excluding carboxylic acids is 1. The number of rotatable bonds is 7. The Labute approximate surface area is 178 Å². The van der Waals surface area contributed by atoms with Crippen LogP contribution in [0.15, 0.2) is 42.5 Å². The number of nitrogens with one attached hydrogen (secondary N) is 1. The van der Waals surface area contributed by atoms with Gasteiger partial charge >= 0.3 is 0 Å². The lowest BCUT2D eigenvalue weighted by Crippen LogP contribution is -2.35. The average molecular weight is 410 g/mol. The zero-order chi connectivity index (χ0) is 20.9. The molecule has 1 saturated carbocycles. The van der Waals surface area contributed by atoms with Gasteiger partial charge in [-0.2, -0.15) is 0 Å². The predicted molar refractivity (Wildman–Crippen MR) is 117 cm³/mol. The first-order valence-corrected chi connectivity index (χ1v) is 10.8. The highest BCUT2D eigenvalue weighted by molar-refractivity contribution is 5.94. The van der Waals surface area contributed by atoms with Gasteiger partial charge in [-0.15, -0.1) is 0 Å². The lowest BCUT2D eigenvalue weighted by molar-refractivity contribution is 0.0761. The molecule has 160 valence electrons. The Bertz CT molecular complexity index is 882. The smallest absolute Gasteiger partial charge is 0.253 e. The van der Waals surface area contributed by atoms with Crippen molar-refractivity contribution in [3.63, 3.8) is 0 Å². The SMILES string of the molecule is CNCc1cc(C(=O)N2CCCN(C3CC3)CC2)ccc1Oc1cccc(OC)c1. The van der Waals surface area contributed by atoms with Gasteiger partial charge in [0.25, 0.3) is 5.91 Å². The summed E-state index contributed by atoms with van der Waals surface area (Å²) in [5.74, 6) is 2.30. The van der Waals surface area contributed by atoms with Gasteiger partial charge in [-0.25, -0.2) is 0 Å². The summed E-state index contributed by atoms with van der Waals surface area (Å²) in [5.41, 5.74) is 1.68. The van der Waals surface area contributed by atoms with Gasteiger partial charge in [0.2, 0.25) is 0 Å². The number of ether oxygens (including phenoxy) is 2. The molecule has 2 aromatic carbocycles. The third kappa shape index (κ3) is 4.94. The van der Waals surface area contributed by atoms with Crippen molar-refractivity contribution < 1.29 is 14.3 Å². The maximum absolute atomic E-state index is 13.2. The van der Waals surface area contributed by atoms with E-state index in [2.05, 4.69) is 10.2 Å². The van der Waals surface area contributed by atoms with Crippen molar-refractivity contribution in [1.29, 1.82) is 0 Å². The van der Waals surface area contributed by atoms with Gasteiger partial charge in [0, 0.05) is 56.0 Å². The van der Waals surface area contributed by atoms with Crippen LogP contribution in [0, 0.1) is 0 Å². The van der Waals surface area contributed by atoms with Gasteiger partial charge in [0.15, 0.2) is 0 Å². The Morgan fingerprint density at radius 1 is 1.07 bits per heavy atom. The van der Waals surface area contributed by atoms with E-state index in [0.717, 1.165) is 61.3 Å². The van der Waals surface area contributed by atoms with Crippen LogP contribution >= 0.6 is 0 Å². The zero-order valence-electron chi connectivity index (χ0n) is 17.9. The molecular weight excluding hydrogens is 378 g/mol. The quantitative estimate of drug-likeness (QED) is 0.758. The molecule has 6 heteroatoms. The van der Waals surface area contributed by atoms with Crippen LogP contribution in [0.3, 0.4) is 0 Å². The number of benzene rings is 2. The lowest BCUT2D eigenvalue weighted by Gasteiger charge is -2.22. The van der Waals surface area contributed by atoms with Gasteiger partial charge < -0.3 is 19.7 Å². The van der Waals surface area contributed by atoms with Gasteiger partial charge in [-0.1, -0.05) is 6.07 Å². The average Bonchev–Trinajstić information content (AvgIpc) is 3.61. The Morgan fingerprint density at radius 3 is 2.67 bits per heavy atom. The molecule has 0 spiro atoms. The summed E-state index contributed by atoms with van der Waals surface area (Å²) in [4.78, 5) is 17.7. The minimum absolute atomic E-state index is 0.109. The van der Waals surface area contributed by atoms with Crippen molar-refractivity contribution in [2.75, 3.05) is 40.3 Å². The molecule has 0 atom stereocenters. The zero-order valence-corrected chi connectivity index (χ0v) is 17.9. The van der Waals surface area contributed by atoms with E-state index in [1.807, 2.05) is 54.4 Å². The Hall–Kier alpha value is -2.57. The highest BCUT2D eigenvalue weighted by Crippen LogP contribution is 2.30. The summed E-state index contributed by atoms with van der Waals surface area (Å²) in [5, 5.41) is 3.18. The predicted octanol–water partition coefficient (Wildman–Crippen LogP) is 3.52. The highest BCUT2D eigenvalue weighted by Gasteiger charge is 2.31. The molecule has 6 nitrogen and oxygen atoms in total. The number of hydrogen-bond acceptors (Lipinski definition) is 5. The Morgan fingerprint density at radius 2 is 1.90 bits per heavy atom. The fraction of sp³-hybridized carbons (Fsp3) is 0.458. The first kappa shape index (κ1) is 20.7. The van der Waals surface area contributed by atoms with E-state index >= 15 is 0 Å². The summed E-state index contributed by atoms with van der Waals surface area (Å²) >= 11 is 0. The van der Waals surface area contributed by atoms with Crippen LogP contribution in [0.5, 0.6) is 17.2 Å². The third-order valence-corrected chi connectivity index (χ3v) is 5.82. The molecule has 2 aromatic rings. The number of methoxy groups -OCH3 is 1. The molecule has 1 heterocycles. The number of amides is 1. The second-order valence-corrected chi connectivity index (χ2v) is 8.05. The van der Waals surface area contributed by atoms with Crippen molar-refractivity contribution in [3.8, 4) is 17.2 Å². The van der Waals surface area contributed by atoms with Crippen LogP contribution in [0.1, 0.15) is 35.2 Å². The van der Waals surface area contributed by atoms with E-state index in [-0.39, 0.29) is 5.91 Å². The van der Waals surface area contributed by atoms with E-state index in [1.54, 1.807) is 7.11 Å². The molecule has 1 amide bonds. The normalized spacial score (nSPS) is 17.5. The highest BCUT2D eigenvalue weighted by atomic mass is 16.5. The summed E-state index contributed by atoms with van der Waals surface area (Å²) in [7, 11) is 3.53. The van der Waals surface area contributed by atoms with Crippen LogP contribution in [-0.2, 0) is 6.54 Å². The summed E-state index contributed by atoms with van der Waals surface area (Å²) in [6.45, 7) is 4.34. The molecule has 30 heavy (non-hydrogen) atoms. The molecule has 1 N–H and O–H groups in total. The Kier molecular flexibility index (Phi) is 6.55. The lowest BCUT2D eigenvalue weighted by atomic mass is 10.1. The van der Waals surface area contributed by atoms with E-state index < -0.39 is 0 Å². The summed E-state index contributed by atoms with van der Waals surface area (Å²) < 4.78 is 11.4. The van der Waals surface area contributed by atoms with Crippen molar-refractivity contribution in [2.45, 2.75) is 31.8 Å². The number of carbonyl (C=O) groups is 1. The monoisotopic (exact) mass is 409 g/mol. The topological polar surface area (TPSA) is 54.0 Å². The minimum Gasteiger partial charge on any atom is -0.497 e. The largest absolute Gasteiger partial charge is 0.497 e. The van der Waals surface area contributed by atoms with Gasteiger partial charge in [-0.3, -0.25) is 9.69 Å². The molecule has 0 aromatic heterocycles. The molecule has 1 saturated heterocycles. The van der Waals surface area contributed by atoms with E-state index in [1.165, 1.54) is 12.8 Å². The summed E-state index contributed by atoms with van der Waals surface area (Å²) in [6, 6.07) is 14.0. The van der Waals surface area contributed by atoms with Crippen molar-refractivity contribution in [2.24, 2.45) is 0 Å². The number of nitrogens with zero attached hydrogens (tertiary/aromatic N) is 2. The molecule has 2 aliphatic rings. The molecule has 4 rings (SSSR count). The van der Waals surface area contributed by atoms with Crippen molar-refractivity contribution in [3.05, 3.63) is 53.6 Å². The summed E-state index contributed by atoms with van der Waals surface area (Å²) in [6.07, 6.45) is 3.68. The Balaban J connectivity index is 1.49. The third-order valence-electron chi connectivity index (χ3n) is 5.82. The maximum Gasteiger partial charge on any atom is 0.253 e. The first-order chi connectivity index (χ1) is 14.7. The number of hydrogen-bond donors (Lipinski definition) is 1. The van der Waals surface area contributed by atoms with E-state index in [9.17, 15) is 4.79 Å². The van der Waals surface area contributed by atoms with Crippen LogP contribution in [0.2, 0.25) is 0 Å². The maximum atomic E-state index is 13.2. The molecule has 1 aliphatic heterocycles. The van der Waals surface area contributed by atoms with Crippen LogP contribution in [0.4, 0.5) is 0 Å². The van der Waals surface area contributed by atoms with Gasteiger partial charge in [0.05, 0.1) is 7.11 Å². The fourth-order valence-electron chi connectivity index (χ4n) is 4.06. The molecule has 0 unspecified atom stereocenters. The van der Waals surface area contributed by atoms with Crippen LogP contribution < -0.4 is 14.8 Å². The molecule has 1 aliphatic carbocycles. The van der Waals surface area contributed by atoms with Gasteiger partial charge in [-0.05, 0) is 56.6 Å².